The number of aromatic amines is 1. The van der Waals surface area contributed by atoms with Crippen molar-refractivity contribution in [2.24, 2.45) is 0 Å². The summed E-state index contributed by atoms with van der Waals surface area (Å²) in [6, 6.07) is 7.35. The molecule has 16 heavy (non-hydrogen) atoms. The van der Waals surface area contributed by atoms with Crippen molar-refractivity contribution in [1.82, 2.24) is 10.2 Å². The van der Waals surface area contributed by atoms with Crippen LogP contribution in [0, 0.1) is 4.84 Å². The van der Waals surface area contributed by atoms with Crippen molar-refractivity contribution in [3.63, 3.8) is 0 Å². The van der Waals surface area contributed by atoms with Crippen molar-refractivity contribution in [2.45, 2.75) is 6.61 Å². The normalized spacial score (nSPS) is 10.1. The Hall–Kier alpha value is -1.82. The Labute approximate surface area is 97.0 Å². The van der Waals surface area contributed by atoms with Crippen LogP contribution in [0.5, 0.6) is 11.5 Å². The first-order valence-electron chi connectivity index (χ1n) is 4.60. The zero-order chi connectivity index (χ0) is 11.4. The van der Waals surface area contributed by atoms with Gasteiger partial charge in [-0.15, -0.1) is 5.10 Å². The molecule has 1 heterocycles. The molecule has 1 N–H and O–H groups in total. The van der Waals surface area contributed by atoms with Gasteiger partial charge in [-0.3, -0.25) is 0 Å². The summed E-state index contributed by atoms with van der Waals surface area (Å²) in [5.74, 6) is 1.70. The van der Waals surface area contributed by atoms with Crippen molar-refractivity contribution in [3.8, 4) is 11.5 Å². The van der Waals surface area contributed by atoms with Crippen molar-refractivity contribution >= 4 is 12.2 Å². The number of hydrogen-bond acceptors (Lipinski definition) is 5. The fraction of sp³-hybridized carbons (Fsp3) is 0.200. The van der Waals surface area contributed by atoms with Gasteiger partial charge in [0.25, 0.3) is 10.7 Å². The van der Waals surface area contributed by atoms with Gasteiger partial charge in [0, 0.05) is 0 Å². The summed E-state index contributed by atoms with van der Waals surface area (Å²) in [6.07, 6.45) is 0. The summed E-state index contributed by atoms with van der Waals surface area (Å²) in [4.78, 5) is 0.235. The second-order valence-corrected chi connectivity index (χ2v) is 3.32. The average Bonchev–Trinajstić information content (AvgIpc) is 2.73. The minimum atomic E-state index is 0.202. The van der Waals surface area contributed by atoms with E-state index >= 15 is 0 Å². The fourth-order valence-electron chi connectivity index (χ4n) is 1.20. The first kappa shape index (κ1) is 10.7. The monoisotopic (exact) mass is 238 g/mol. The van der Waals surface area contributed by atoms with E-state index in [1.54, 1.807) is 13.2 Å². The smallest absolute Gasteiger partial charge is 0.284 e. The van der Waals surface area contributed by atoms with Crippen LogP contribution >= 0.6 is 12.2 Å². The van der Waals surface area contributed by atoms with E-state index in [4.69, 9.17) is 26.1 Å². The Bertz CT molecular complexity index is 521. The molecular formula is C10H10N2O3S. The molecule has 2 aromatic rings. The van der Waals surface area contributed by atoms with Crippen LogP contribution in [0.1, 0.15) is 5.89 Å². The average molecular weight is 238 g/mol. The van der Waals surface area contributed by atoms with Gasteiger partial charge in [0.15, 0.2) is 18.1 Å². The molecule has 0 bridgehead atoms. The topological polar surface area (TPSA) is 60.3 Å². The maximum atomic E-state index is 5.48. The summed E-state index contributed by atoms with van der Waals surface area (Å²) >= 11 is 4.75. The minimum absolute atomic E-state index is 0.202. The van der Waals surface area contributed by atoms with Crippen LogP contribution in [-0.4, -0.2) is 17.3 Å². The van der Waals surface area contributed by atoms with E-state index < -0.39 is 0 Å². The van der Waals surface area contributed by atoms with E-state index in [1.165, 1.54) is 0 Å². The number of H-pyrrole nitrogens is 1. The van der Waals surface area contributed by atoms with E-state index in [0.29, 0.717) is 17.4 Å². The maximum absolute atomic E-state index is 5.48. The second-order valence-electron chi connectivity index (χ2n) is 2.95. The van der Waals surface area contributed by atoms with Crippen LogP contribution in [0.3, 0.4) is 0 Å². The molecule has 84 valence electrons. The molecule has 0 aliphatic heterocycles. The predicted molar refractivity (Wildman–Crippen MR) is 59.0 cm³/mol. The molecule has 1 aromatic carbocycles. The van der Waals surface area contributed by atoms with E-state index in [-0.39, 0.29) is 11.4 Å². The third-order valence-electron chi connectivity index (χ3n) is 1.90. The Morgan fingerprint density at radius 3 is 2.75 bits per heavy atom. The standard InChI is InChI=1S/C10H10N2O3S/c1-13-7-4-2-3-5-8(7)14-6-9-11-12-10(16)15-9/h2-5H,6H2,1H3,(H,12,16). The number of nitrogens with zero attached hydrogens (tertiary/aromatic N) is 1. The Morgan fingerprint density at radius 2 is 2.12 bits per heavy atom. The molecule has 0 radical (unpaired) electrons. The second kappa shape index (κ2) is 4.80. The lowest BCUT2D eigenvalue weighted by Crippen LogP contribution is -1.97. The van der Waals surface area contributed by atoms with Crippen LogP contribution in [0.4, 0.5) is 0 Å². The Kier molecular flexibility index (Phi) is 3.21. The quantitative estimate of drug-likeness (QED) is 0.828. The van der Waals surface area contributed by atoms with Crippen LogP contribution in [0.2, 0.25) is 0 Å². The molecule has 0 saturated heterocycles. The summed E-state index contributed by atoms with van der Waals surface area (Å²) in [5, 5.41) is 6.35. The summed E-state index contributed by atoms with van der Waals surface area (Å²) in [7, 11) is 1.59. The van der Waals surface area contributed by atoms with Gasteiger partial charge >= 0.3 is 0 Å². The number of aromatic nitrogens is 2. The number of methoxy groups -OCH3 is 1. The zero-order valence-electron chi connectivity index (χ0n) is 8.60. The zero-order valence-corrected chi connectivity index (χ0v) is 9.41. The van der Waals surface area contributed by atoms with Gasteiger partial charge < -0.3 is 13.9 Å². The van der Waals surface area contributed by atoms with Gasteiger partial charge in [-0.05, 0) is 24.4 Å². The SMILES string of the molecule is COc1ccccc1OCc1n[nH]c(=S)o1. The summed E-state index contributed by atoms with van der Waals surface area (Å²) in [6.45, 7) is 0.202. The first-order chi connectivity index (χ1) is 7.79. The summed E-state index contributed by atoms with van der Waals surface area (Å²) in [5.41, 5.74) is 0. The molecule has 5 nitrogen and oxygen atoms in total. The van der Waals surface area contributed by atoms with Gasteiger partial charge in [-0.25, -0.2) is 5.10 Å². The molecule has 0 amide bonds. The molecule has 2 rings (SSSR count). The number of para-hydroxylation sites is 2. The van der Waals surface area contributed by atoms with Gasteiger partial charge in [0.1, 0.15) is 0 Å². The number of nitrogens with one attached hydrogen (secondary N) is 1. The minimum Gasteiger partial charge on any atom is -0.493 e. The van der Waals surface area contributed by atoms with E-state index in [2.05, 4.69) is 10.2 Å². The van der Waals surface area contributed by atoms with Crippen LogP contribution < -0.4 is 9.47 Å². The fourth-order valence-corrected chi connectivity index (χ4v) is 1.34. The molecule has 6 heteroatoms. The number of hydrogen-bond donors (Lipinski definition) is 1. The van der Waals surface area contributed by atoms with Crippen LogP contribution in [0.25, 0.3) is 0 Å². The third kappa shape index (κ3) is 2.40. The largest absolute Gasteiger partial charge is 0.493 e. The van der Waals surface area contributed by atoms with E-state index in [9.17, 15) is 0 Å². The highest BCUT2D eigenvalue weighted by atomic mass is 32.1. The molecule has 0 spiro atoms. The highest BCUT2D eigenvalue weighted by Crippen LogP contribution is 2.26. The lowest BCUT2D eigenvalue weighted by atomic mass is 10.3. The van der Waals surface area contributed by atoms with E-state index in [0.717, 1.165) is 0 Å². The predicted octanol–water partition coefficient (Wildman–Crippen LogP) is 2.32. The van der Waals surface area contributed by atoms with Crippen LogP contribution in [0.15, 0.2) is 28.7 Å². The highest BCUT2D eigenvalue weighted by Gasteiger charge is 2.05. The molecule has 0 aliphatic rings. The lowest BCUT2D eigenvalue weighted by molar-refractivity contribution is 0.249. The summed E-state index contributed by atoms with van der Waals surface area (Å²) < 4.78 is 15.7. The maximum Gasteiger partial charge on any atom is 0.284 e. The molecule has 0 fully saturated rings. The Balaban J connectivity index is 2.07. The number of rotatable bonds is 4. The van der Waals surface area contributed by atoms with Gasteiger partial charge in [-0.1, -0.05) is 12.1 Å². The Morgan fingerprint density at radius 1 is 1.38 bits per heavy atom. The molecule has 0 saturated carbocycles. The molecule has 0 atom stereocenters. The lowest BCUT2D eigenvalue weighted by Gasteiger charge is -2.07. The van der Waals surface area contributed by atoms with Crippen molar-refractivity contribution < 1.29 is 13.9 Å². The van der Waals surface area contributed by atoms with Crippen LogP contribution in [-0.2, 0) is 6.61 Å². The number of benzene rings is 1. The van der Waals surface area contributed by atoms with Gasteiger partial charge in [-0.2, -0.15) is 0 Å². The van der Waals surface area contributed by atoms with Gasteiger partial charge in [0.05, 0.1) is 7.11 Å². The first-order valence-corrected chi connectivity index (χ1v) is 5.00. The van der Waals surface area contributed by atoms with Crippen molar-refractivity contribution in [3.05, 3.63) is 35.0 Å². The molecular weight excluding hydrogens is 228 g/mol. The highest BCUT2D eigenvalue weighted by molar-refractivity contribution is 7.71. The number of ether oxygens (including phenoxy) is 2. The molecule has 1 aromatic heterocycles. The van der Waals surface area contributed by atoms with Gasteiger partial charge in [0.2, 0.25) is 0 Å². The van der Waals surface area contributed by atoms with Crippen molar-refractivity contribution in [1.29, 1.82) is 0 Å². The molecule has 0 aliphatic carbocycles. The third-order valence-corrected chi connectivity index (χ3v) is 2.08. The molecule has 0 unspecified atom stereocenters. The van der Waals surface area contributed by atoms with E-state index in [1.807, 2.05) is 18.2 Å². The van der Waals surface area contributed by atoms with Crippen molar-refractivity contribution in [2.75, 3.05) is 7.11 Å².